The molecule has 0 bridgehead atoms. The van der Waals surface area contributed by atoms with E-state index in [9.17, 15) is 9.18 Å². The van der Waals surface area contributed by atoms with Gasteiger partial charge in [-0.25, -0.2) is 9.18 Å². The minimum atomic E-state index is -0.372. The van der Waals surface area contributed by atoms with Gasteiger partial charge in [-0.15, -0.1) is 0 Å². The lowest BCUT2D eigenvalue weighted by Crippen LogP contribution is -2.02. The maximum absolute atomic E-state index is 12.8. The number of benzene rings is 1. The van der Waals surface area contributed by atoms with Crippen molar-refractivity contribution in [3.05, 3.63) is 42.2 Å². The van der Waals surface area contributed by atoms with E-state index in [2.05, 4.69) is 5.32 Å². The van der Waals surface area contributed by atoms with E-state index in [1.165, 1.54) is 18.2 Å². The molecular weight excluding hydrogens is 209 g/mol. The lowest BCUT2D eigenvalue weighted by Gasteiger charge is -2.02. The zero-order valence-electron chi connectivity index (χ0n) is 9.07. The van der Waals surface area contributed by atoms with Crippen LogP contribution in [0.4, 0.5) is 10.1 Å². The molecular formula is C12H14FNO2. The Kier molecular flexibility index (Phi) is 5.05. The SMILES string of the molecule is CCOC(=O)/C=C/CNc1cccc(F)c1. The fourth-order valence-electron chi connectivity index (χ4n) is 1.12. The van der Waals surface area contributed by atoms with E-state index in [1.807, 2.05) is 0 Å². The zero-order valence-corrected chi connectivity index (χ0v) is 9.07. The topological polar surface area (TPSA) is 38.3 Å². The van der Waals surface area contributed by atoms with Gasteiger partial charge in [-0.3, -0.25) is 0 Å². The van der Waals surface area contributed by atoms with Crippen molar-refractivity contribution in [3.8, 4) is 0 Å². The molecule has 1 N–H and O–H groups in total. The third kappa shape index (κ3) is 4.59. The first-order valence-corrected chi connectivity index (χ1v) is 5.05. The van der Waals surface area contributed by atoms with Gasteiger partial charge in [0.15, 0.2) is 0 Å². The Balaban J connectivity index is 2.33. The number of hydrogen-bond donors (Lipinski definition) is 1. The largest absolute Gasteiger partial charge is 0.463 e. The third-order valence-electron chi connectivity index (χ3n) is 1.79. The van der Waals surface area contributed by atoms with Crippen molar-refractivity contribution < 1.29 is 13.9 Å². The molecule has 0 unspecified atom stereocenters. The summed E-state index contributed by atoms with van der Waals surface area (Å²) in [6, 6.07) is 6.13. The molecule has 0 spiro atoms. The predicted molar refractivity (Wildman–Crippen MR) is 60.7 cm³/mol. The summed E-state index contributed by atoms with van der Waals surface area (Å²) in [6.07, 6.45) is 2.97. The standard InChI is InChI=1S/C12H14FNO2/c1-2-16-12(15)7-4-8-14-11-6-3-5-10(13)9-11/h3-7,9,14H,2,8H2,1H3/b7-4+. The van der Waals surface area contributed by atoms with E-state index in [0.29, 0.717) is 18.8 Å². The van der Waals surface area contributed by atoms with Crippen molar-refractivity contribution >= 4 is 11.7 Å². The van der Waals surface area contributed by atoms with Gasteiger partial charge in [0, 0.05) is 18.3 Å². The summed E-state index contributed by atoms with van der Waals surface area (Å²) in [5.41, 5.74) is 0.675. The smallest absolute Gasteiger partial charge is 0.330 e. The molecule has 0 saturated carbocycles. The molecule has 1 rings (SSSR count). The summed E-state index contributed by atoms with van der Waals surface area (Å²) in [7, 11) is 0. The second kappa shape index (κ2) is 6.61. The second-order valence-electron chi connectivity index (χ2n) is 3.05. The number of nitrogens with one attached hydrogen (secondary N) is 1. The molecule has 0 aromatic heterocycles. The molecule has 3 nitrogen and oxygen atoms in total. The van der Waals surface area contributed by atoms with Crippen molar-refractivity contribution in [2.24, 2.45) is 0 Å². The number of rotatable bonds is 5. The van der Waals surface area contributed by atoms with Crippen LogP contribution in [-0.4, -0.2) is 19.1 Å². The summed E-state index contributed by atoms with van der Waals surface area (Å²) >= 11 is 0. The van der Waals surface area contributed by atoms with Gasteiger partial charge < -0.3 is 10.1 Å². The summed E-state index contributed by atoms with van der Waals surface area (Å²) in [5.74, 6) is -0.664. The van der Waals surface area contributed by atoms with Crippen molar-refractivity contribution in [2.75, 3.05) is 18.5 Å². The van der Waals surface area contributed by atoms with Crippen molar-refractivity contribution in [2.45, 2.75) is 6.92 Å². The molecule has 0 aliphatic heterocycles. The Morgan fingerprint density at radius 3 is 3.06 bits per heavy atom. The van der Waals surface area contributed by atoms with Crippen LogP contribution in [-0.2, 0) is 9.53 Å². The molecule has 0 amide bonds. The number of esters is 1. The molecule has 0 fully saturated rings. The second-order valence-corrected chi connectivity index (χ2v) is 3.05. The first-order valence-electron chi connectivity index (χ1n) is 5.05. The molecule has 0 heterocycles. The summed E-state index contributed by atoms with van der Waals surface area (Å²) < 4.78 is 17.5. The van der Waals surface area contributed by atoms with E-state index in [1.54, 1.807) is 25.1 Å². The van der Waals surface area contributed by atoms with Crippen LogP contribution >= 0.6 is 0 Å². The minimum Gasteiger partial charge on any atom is -0.463 e. The first-order chi connectivity index (χ1) is 7.72. The van der Waals surface area contributed by atoms with Crippen LogP contribution < -0.4 is 5.32 Å². The average molecular weight is 223 g/mol. The molecule has 0 radical (unpaired) electrons. The summed E-state index contributed by atoms with van der Waals surface area (Å²) in [5, 5.41) is 2.95. The fourth-order valence-corrected chi connectivity index (χ4v) is 1.12. The summed E-state index contributed by atoms with van der Waals surface area (Å²) in [4.78, 5) is 10.9. The molecule has 0 atom stereocenters. The van der Waals surface area contributed by atoms with Crippen molar-refractivity contribution in [1.29, 1.82) is 0 Å². The van der Waals surface area contributed by atoms with Gasteiger partial charge in [0.1, 0.15) is 5.82 Å². The minimum absolute atomic E-state index is 0.292. The Labute approximate surface area is 93.9 Å². The number of halogens is 1. The van der Waals surface area contributed by atoms with Gasteiger partial charge in [0.2, 0.25) is 0 Å². The van der Waals surface area contributed by atoms with Crippen LogP contribution in [0.1, 0.15) is 6.92 Å². The quantitative estimate of drug-likeness (QED) is 0.615. The van der Waals surface area contributed by atoms with Crippen LogP contribution in [0.3, 0.4) is 0 Å². The maximum Gasteiger partial charge on any atom is 0.330 e. The Morgan fingerprint density at radius 1 is 1.56 bits per heavy atom. The predicted octanol–water partition coefficient (Wildman–Crippen LogP) is 2.36. The van der Waals surface area contributed by atoms with Crippen LogP contribution in [0.5, 0.6) is 0 Å². The number of carbonyl (C=O) groups excluding carboxylic acids is 1. The molecule has 0 saturated heterocycles. The molecule has 0 aliphatic rings. The highest BCUT2D eigenvalue weighted by Crippen LogP contribution is 2.08. The van der Waals surface area contributed by atoms with E-state index >= 15 is 0 Å². The highest BCUT2D eigenvalue weighted by Gasteiger charge is 1.94. The Hall–Kier alpha value is -1.84. The zero-order chi connectivity index (χ0) is 11.8. The van der Waals surface area contributed by atoms with Gasteiger partial charge >= 0.3 is 5.97 Å². The maximum atomic E-state index is 12.8. The van der Waals surface area contributed by atoms with Gasteiger partial charge in [-0.1, -0.05) is 12.1 Å². The number of ether oxygens (including phenoxy) is 1. The van der Waals surface area contributed by atoms with Crippen LogP contribution in [0.25, 0.3) is 0 Å². The first kappa shape index (κ1) is 12.2. The monoisotopic (exact) mass is 223 g/mol. The highest BCUT2D eigenvalue weighted by molar-refractivity contribution is 5.81. The van der Waals surface area contributed by atoms with Gasteiger partial charge in [-0.05, 0) is 25.1 Å². The number of anilines is 1. The van der Waals surface area contributed by atoms with Gasteiger partial charge in [0.25, 0.3) is 0 Å². The van der Waals surface area contributed by atoms with E-state index < -0.39 is 0 Å². The van der Waals surface area contributed by atoms with Gasteiger partial charge in [-0.2, -0.15) is 0 Å². The lowest BCUT2D eigenvalue weighted by atomic mass is 10.3. The fraction of sp³-hybridized carbons (Fsp3) is 0.250. The van der Waals surface area contributed by atoms with Crippen LogP contribution in [0.2, 0.25) is 0 Å². The average Bonchev–Trinajstić information content (AvgIpc) is 2.25. The van der Waals surface area contributed by atoms with Crippen molar-refractivity contribution in [3.63, 3.8) is 0 Å². The van der Waals surface area contributed by atoms with E-state index in [0.717, 1.165) is 0 Å². The molecule has 86 valence electrons. The molecule has 16 heavy (non-hydrogen) atoms. The van der Waals surface area contributed by atoms with Gasteiger partial charge in [0.05, 0.1) is 6.61 Å². The molecule has 1 aromatic rings. The van der Waals surface area contributed by atoms with Crippen LogP contribution in [0, 0.1) is 5.82 Å². The highest BCUT2D eigenvalue weighted by atomic mass is 19.1. The third-order valence-corrected chi connectivity index (χ3v) is 1.79. The lowest BCUT2D eigenvalue weighted by molar-refractivity contribution is -0.137. The Bertz CT molecular complexity index is 377. The molecule has 0 aliphatic carbocycles. The van der Waals surface area contributed by atoms with E-state index in [-0.39, 0.29) is 11.8 Å². The number of carbonyl (C=O) groups is 1. The molecule has 4 heteroatoms. The Morgan fingerprint density at radius 2 is 2.38 bits per heavy atom. The van der Waals surface area contributed by atoms with Crippen molar-refractivity contribution in [1.82, 2.24) is 0 Å². The molecule has 1 aromatic carbocycles. The summed E-state index contributed by atoms with van der Waals surface area (Å²) in [6.45, 7) is 2.56. The number of hydrogen-bond acceptors (Lipinski definition) is 3. The van der Waals surface area contributed by atoms with Crippen LogP contribution in [0.15, 0.2) is 36.4 Å². The van der Waals surface area contributed by atoms with E-state index in [4.69, 9.17) is 4.74 Å². The normalized spacial score (nSPS) is 10.4.